The minimum atomic E-state index is -0.766. The van der Waals surface area contributed by atoms with E-state index >= 15 is 0 Å². The number of benzene rings is 1. The molecule has 5 heteroatoms. The molecule has 0 bridgehead atoms. The van der Waals surface area contributed by atoms with E-state index in [1.165, 1.54) is 0 Å². The zero-order chi connectivity index (χ0) is 13.5. The zero-order valence-electron chi connectivity index (χ0n) is 10.4. The van der Waals surface area contributed by atoms with Crippen molar-refractivity contribution in [2.75, 3.05) is 6.54 Å². The molecule has 1 rings (SSSR count). The Kier molecular flexibility index (Phi) is 5.71. The van der Waals surface area contributed by atoms with Crippen LogP contribution in [0, 0.1) is 11.6 Å². The average molecular weight is 256 g/mol. The van der Waals surface area contributed by atoms with Gasteiger partial charge in [0.15, 0.2) is 0 Å². The highest BCUT2D eigenvalue weighted by Crippen LogP contribution is 2.09. The van der Waals surface area contributed by atoms with Gasteiger partial charge in [-0.15, -0.1) is 0 Å². The summed E-state index contributed by atoms with van der Waals surface area (Å²) in [5.74, 6) is -2.03. The first-order chi connectivity index (χ1) is 8.56. The highest BCUT2D eigenvalue weighted by atomic mass is 19.1. The van der Waals surface area contributed by atoms with Crippen molar-refractivity contribution in [3.05, 3.63) is 35.4 Å². The van der Waals surface area contributed by atoms with E-state index in [1.54, 1.807) is 0 Å². The van der Waals surface area contributed by atoms with Gasteiger partial charge in [0.2, 0.25) is 0 Å². The maximum atomic E-state index is 13.0. The summed E-state index contributed by atoms with van der Waals surface area (Å²) in [7, 11) is 0. The molecule has 0 aromatic heterocycles. The van der Waals surface area contributed by atoms with Gasteiger partial charge in [0.1, 0.15) is 11.6 Å². The molecule has 0 saturated carbocycles. The second-order valence-corrected chi connectivity index (χ2v) is 4.21. The third kappa shape index (κ3) is 4.41. The molecule has 100 valence electrons. The Balaban J connectivity index is 2.68. The minimum Gasteiger partial charge on any atom is -0.348 e. The van der Waals surface area contributed by atoms with E-state index in [9.17, 15) is 13.6 Å². The lowest BCUT2D eigenvalue weighted by Crippen LogP contribution is -2.40. The van der Waals surface area contributed by atoms with Gasteiger partial charge in [0.05, 0.1) is 0 Å². The van der Waals surface area contributed by atoms with E-state index < -0.39 is 17.5 Å². The van der Waals surface area contributed by atoms with Crippen LogP contribution in [0.15, 0.2) is 18.2 Å². The summed E-state index contributed by atoms with van der Waals surface area (Å²) in [6.07, 6.45) is 2.71. The first kappa shape index (κ1) is 14.6. The molecule has 1 aromatic carbocycles. The fraction of sp³-hybridized carbons (Fsp3) is 0.462. The third-order valence-corrected chi connectivity index (χ3v) is 2.65. The average Bonchev–Trinajstić information content (AvgIpc) is 2.32. The predicted octanol–water partition coefficient (Wildman–Crippen LogP) is 2.21. The first-order valence-corrected chi connectivity index (χ1v) is 6.03. The number of carbonyl (C=O) groups is 1. The molecule has 0 heterocycles. The molecule has 0 radical (unpaired) electrons. The first-order valence-electron chi connectivity index (χ1n) is 6.03. The molecule has 1 atom stereocenters. The molecule has 0 aliphatic carbocycles. The Bertz CT molecular complexity index is 390. The van der Waals surface area contributed by atoms with Gasteiger partial charge >= 0.3 is 0 Å². The number of amides is 1. The van der Waals surface area contributed by atoms with Crippen LogP contribution >= 0.6 is 0 Å². The summed E-state index contributed by atoms with van der Waals surface area (Å²) in [4.78, 5) is 11.8. The van der Waals surface area contributed by atoms with Gasteiger partial charge in [-0.1, -0.05) is 19.8 Å². The summed E-state index contributed by atoms with van der Waals surface area (Å²) < 4.78 is 25.9. The number of carbonyl (C=O) groups excluding carboxylic acids is 1. The maximum absolute atomic E-state index is 13.0. The second-order valence-electron chi connectivity index (χ2n) is 4.21. The Morgan fingerprint density at radius 2 is 1.94 bits per heavy atom. The SMILES string of the molecule is CCCCC(CN)NC(=O)c1cc(F)cc(F)c1. The van der Waals surface area contributed by atoms with Gasteiger partial charge in [-0.25, -0.2) is 8.78 Å². The van der Waals surface area contributed by atoms with Crippen molar-refractivity contribution in [3.8, 4) is 0 Å². The third-order valence-electron chi connectivity index (χ3n) is 2.65. The van der Waals surface area contributed by atoms with Crippen LogP contribution in [0.2, 0.25) is 0 Å². The summed E-state index contributed by atoms with van der Waals surface area (Å²) in [5.41, 5.74) is 5.51. The van der Waals surface area contributed by atoms with Crippen LogP contribution in [-0.2, 0) is 0 Å². The predicted molar refractivity (Wildman–Crippen MR) is 66.2 cm³/mol. The second kappa shape index (κ2) is 7.06. The largest absolute Gasteiger partial charge is 0.348 e. The minimum absolute atomic E-state index is 0.0255. The maximum Gasteiger partial charge on any atom is 0.251 e. The normalized spacial score (nSPS) is 12.2. The number of rotatable bonds is 6. The molecule has 1 amide bonds. The van der Waals surface area contributed by atoms with Gasteiger partial charge < -0.3 is 11.1 Å². The fourth-order valence-corrected chi connectivity index (χ4v) is 1.65. The van der Waals surface area contributed by atoms with E-state index in [4.69, 9.17) is 5.73 Å². The molecule has 1 unspecified atom stereocenters. The van der Waals surface area contributed by atoms with Crippen LogP contribution in [0.1, 0.15) is 36.5 Å². The van der Waals surface area contributed by atoms with Crippen LogP contribution in [0.4, 0.5) is 8.78 Å². The Labute approximate surface area is 105 Å². The monoisotopic (exact) mass is 256 g/mol. The lowest BCUT2D eigenvalue weighted by molar-refractivity contribution is 0.0935. The molecule has 1 aromatic rings. The molecule has 18 heavy (non-hydrogen) atoms. The van der Waals surface area contributed by atoms with Gasteiger partial charge in [0, 0.05) is 24.2 Å². The molecular formula is C13H18F2N2O. The lowest BCUT2D eigenvalue weighted by Gasteiger charge is -2.16. The number of hydrogen-bond acceptors (Lipinski definition) is 2. The highest BCUT2D eigenvalue weighted by molar-refractivity contribution is 5.94. The topological polar surface area (TPSA) is 55.1 Å². The molecule has 0 fully saturated rings. The van der Waals surface area contributed by atoms with Crippen LogP contribution in [0.5, 0.6) is 0 Å². The molecule has 0 saturated heterocycles. The number of hydrogen-bond donors (Lipinski definition) is 2. The van der Waals surface area contributed by atoms with Crippen LogP contribution in [0.3, 0.4) is 0 Å². The number of unbranched alkanes of at least 4 members (excludes halogenated alkanes) is 1. The molecule has 3 N–H and O–H groups in total. The van der Waals surface area contributed by atoms with Crippen molar-refractivity contribution in [1.82, 2.24) is 5.32 Å². The highest BCUT2D eigenvalue weighted by Gasteiger charge is 2.13. The summed E-state index contributed by atoms with van der Waals surface area (Å²) in [6, 6.07) is 2.58. The summed E-state index contributed by atoms with van der Waals surface area (Å²) in [5, 5.41) is 2.67. The Morgan fingerprint density at radius 3 is 2.44 bits per heavy atom. The number of nitrogens with one attached hydrogen (secondary N) is 1. The molecular weight excluding hydrogens is 238 g/mol. The van der Waals surface area contributed by atoms with Gasteiger partial charge in [-0.05, 0) is 18.6 Å². The van der Waals surface area contributed by atoms with E-state index in [0.29, 0.717) is 6.54 Å². The van der Waals surface area contributed by atoms with E-state index in [1.807, 2.05) is 6.92 Å². The van der Waals surface area contributed by atoms with Crippen molar-refractivity contribution in [1.29, 1.82) is 0 Å². The van der Waals surface area contributed by atoms with Crippen molar-refractivity contribution in [2.24, 2.45) is 5.73 Å². The van der Waals surface area contributed by atoms with Gasteiger partial charge in [-0.2, -0.15) is 0 Å². The van der Waals surface area contributed by atoms with E-state index in [-0.39, 0.29) is 11.6 Å². The van der Waals surface area contributed by atoms with Crippen molar-refractivity contribution in [2.45, 2.75) is 32.2 Å². The van der Waals surface area contributed by atoms with Gasteiger partial charge in [-0.3, -0.25) is 4.79 Å². The summed E-state index contributed by atoms with van der Waals surface area (Å²) in [6.45, 7) is 2.35. The molecule has 0 aliphatic rings. The summed E-state index contributed by atoms with van der Waals surface area (Å²) >= 11 is 0. The van der Waals surface area contributed by atoms with Gasteiger partial charge in [0.25, 0.3) is 5.91 Å². The van der Waals surface area contributed by atoms with Crippen molar-refractivity contribution >= 4 is 5.91 Å². The van der Waals surface area contributed by atoms with Crippen molar-refractivity contribution < 1.29 is 13.6 Å². The number of halogens is 2. The lowest BCUT2D eigenvalue weighted by atomic mass is 10.1. The fourth-order valence-electron chi connectivity index (χ4n) is 1.65. The van der Waals surface area contributed by atoms with Crippen LogP contribution in [0.25, 0.3) is 0 Å². The van der Waals surface area contributed by atoms with Crippen molar-refractivity contribution in [3.63, 3.8) is 0 Å². The van der Waals surface area contributed by atoms with E-state index in [2.05, 4.69) is 5.32 Å². The Hall–Kier alpha value is -1.49. The number of nitrogens with two attached hydrogens (primary N) is 1. The van der Waals surface area contributed by atoms with Crippen LogP contribution < -0.4 is 11.1 Å². The molecule has 3 nitrogen and oxygen atoms in total. The van der Waals surface area contributed by atoms with Crippen LogP contribution in [-0.4, -0.2) is 18.5 Å². The van der Waals surface area contributed by atoms with E-state index in [0.717, 1.165) is 37.5 Å². The zero-order valence-corrected chi connectivity index (χ0v) is 10.4. The Morgan fingerprint density at radius 1 is 1.33 bits per heavy atom. The smallest absolute Gasteiger partial charge is 0.251 e. The standard InChI is InChI=1S/C13H18F2N2O/c1-2-3-4-12(8-16)17-13(18)9-5-10(14)7-11(15)6-9/h5-7,12H,2-4,8,16H2,1H3,(H,17,18). The quantitative estimate of drug-likeness (QED) is 0.820. The molecule has 0 aliphatic heterocycles. The molecule has 0 spiro atoms.